The maximum atomic E-state index is 12.1. The van der Waals surface area contributed by atoms with Crippen molar-refractivity contribution < 1.29 is 14.0 Å². The molecule has 1 aliphatic rings. The molecular formula is C16H16N2O3. The minimum Gasteiger partial charge on any atom is -0.467 e. The van der Waals surface area contributed by atoms with Crippen molar-refractivity contribution >= 4 is 17.5 Å². The summed E-state index contributed by atoms with van der Waals surface area (Å²) in [6.45, 7) is 0.361. The van der Waals surface area contributed by atoms with E-state index in [2.05, 4.69) is 10.6 Å². The number of hydrogen-bond donors (Lipinski definition) is 2. The third kappa shape index (κ3) is 3.13. The minimum absolute atomic E-state index is 0.0313. The number of anilines is 1. The molecular weight excluding hydrogens is 268 g/mol. The molecule has 0 aliphatic carbocycles. The van der Waals surface area contributed by atoms with Crippen molar-refractivity contribution in [3.8, 4) is 0 Å². The van der Waals surface area contributed by atoms with Crippen molar-refractivity contribution in [2.75, 3.05) is 5.32 Å². The quantitative estimate of drug-likeness (QED) is 0.909. The van der Waals surface area contributed by atoms with E-state index in [0.717, 1.165) is 24.1 Å². The van der Waals surface area contributed by atoms with Crippen molar-refractivity contribution in [3.63, 3.8) is 0 Å². The van der Waals surface area contributed by atoms with Gasteiger partial charge < -0.3 is 15.1 Å². The lowest BCUT2D eigenvalue weighted by Crippen LogP contribution is -2.22. The van der Waals surface area contributed by atoms with Gasteiger partial charge in [0.1, 0.15) is 5.76 Å². The van der Waals surface area contributed by atoms with Crippen LogP contribution in [0.2, 0.25) is 0 Å². The van der Waals surface area contributed by atoms with Crippen LogP contribution in [0.25, 0.3) is 0 Å². The molecule has 0 bridgehead atoms. The summed E-state index contributed by atoms with van der Waals surface area (Å²) in [5.41, 5.74) is 2.41. The fraction of sp³-hybridized carbons (Fsp3) is 0.250. The lowest BCUT2D eigenvalue weighted by molar-refractivity contribution is -0.116. The maximum Gasteiger partial charge on any atom is 0.251 e. The SMILES string of the molecule is O=C1CCCc2cc(C(=O)NCc3ccco3)ccc2N1. The average Bonchev–Trinajstić information content (AvgIpc) is 2.92. The van der Waals surface area contributed by atoms with Gasteiger partial charge in [0.15, 0.2) is 0 Å². The topological polar surface area (TPSA) is 71.3 Å². The van der Waals surface area contributed by atoms with Crippen LogP contribution in [-0.2, 0) is 17.8 Å². The zero-order valence-electron chi connectivity index (χ0n) is 11.5. The highest BCUT2D eigenvalue weighted by Gasteiger charge is 2.15. The first kappa shape index (κ1) is 13.4. The summed E-state index contributed by atoms with van der Waals surface area (Å²) >= 11 is 0. The van der Waals surface area contributed by atoms with Gasteiger partial charge in [-0.2, -0.15) is 0 Å². The first-order valence-electron chi connectivity index (χ1n) is 6.96. The molecule has 2 N–H and O–H groups in total. The van der Waals surface area contributed by atoms with Crippen LogP contribution in [0.1, 0.15) is 34.5 Å². The van der Waals surface area contributed by atoms with Crippen LogP contribution in [0, 0.1) is 0 Å². The zero-order chi connectivity index (χ0) is 14.7. The first-order chi connectivity index (χ1) is 10.2. The number of nitrogens with one attached hydrogen (secondary N) is 2. The van der Waals surface area contributed by atoms with Crippen molar-refractivity contribution in [3.05, 3.63) is 53.5 Å². The molecule has 0 radical (unpaired) electrons. The highest BCUT2D eigenvalue weighted by molar-refractivity contribution is 5.97. The Morgan fingerprint density at radius 3 is 3.00 bits per heavy atom. The number of fused-ring (bicyclic) bond motifs is 1. The van der Waals surface area contributed by atoms with E-state index in [0.29, 0.717) is 24.3 Å². The molecule has 0 fully saturated rings. The molecule has 0 spiro atoms. The molecule has 2 heterocycles. The van der Waals surface area contributed by atoms with Crippen LogP contribution in [-0.4, -0.2) is 11.8 Å². The van der Waals surface area contributed by atoms with Gasteiger partial charge in [0, 0.05) is 17.7 Å². The number of hydrogen-bond acceptors (Lipinski definition) is 3. The highest BCUT2D eigenvalue weighted by Crippen LogP contribution is 2.23. The predicted octanol–water partition coefficient (Wildman–Crippen LogP) is 2.48. The Kier molecular flexibility index (Phi) is 3.73. The molecule has 108 valence electrons. The summed E-state index contributed by atoms with van der Waals surface area (Å²) in [5, 5.41) is 5.67. The zero-order valence-corrected chi connectivity index (χ0v) is 11.5. The van der Waals surface area contributed by atoms with E-state index in [-0.39, 0.29) is 11.8 Å². The van der Waals surface area contributed by atoms with Gasteiger partial charge in [0.05, 0.1) is 12.8 Å². The number of rotatable bonds is 3. The predicted molar refractivity (Wildman–Crippen MR) is 77.9 cm³/mol. The molecule has 0 unspecified atom stereocenters. The Labute approximate surface area is 122 Å². The Bertz CT molecular complexity index is 662. The van der Waals surface area contributed by atoms with Gasteiger partial charge in [-0.15, -0.1) is 0 Å². The van der Waals surface area contributed by atoms with Gasteiger partial charge in [0.25, 0.3) is 5.91 Å². The highest BCUT2D eigenvalue weighted by atomic mass is 16.3. The summed E-state index contributed by atoms with van der Waals surface area (Å²) in [6.07, 6.45) is 3.70. The molecule has 0 saturated carbocycles. The Balaban J connectivity index is 1.72. The van der Waals surface area contributed by atoms with E-state index in [1.807, 2.05) is 12.1 Å². The van der Waals surface area contributed by atoms with Crippen molar-refractivity contribution in [1.82, 2.24) is 5.32 Å². The lowest BCUT2D eigenvalue weighted by atomic mass is 10.0. The van der Waals surface area contributed by atoms with E-state index in [4.69, 9.17) is 4.42 Å². The molecule has 3 rings (SSSR count). The molecule has 1 aromatic carbocycles. The van der Waals surface area contributed by atoms with E-state index in [1.54, 1.807) is 24.5 Å². The molecule has 2 amide bonds. The molecule has 21 heavy (non-hydrogen) atoms. The van der Waals surface area contributed by atoms with Crippen LogP contribution in [0.3, 0.4) is 0 Å². The van der Waals surface area contributed by atoms with E-state index in [1.165, 1.54) is 0 Å². The van der Waals surface area contributed by atoms with Gasteiger partial charge in [-0.25, -0.2) is 0 Å². The van der Waals surface area contributed by atoms with Crippen molar-refractivity contribution in [2.45, 2.75) is 25.8 Å². The fourth-order valence-electron chi connectivity index (χ4n) is 2.40. The first-order valence-corrected chi connectivity index (χ1v) is 6.96. The summed E-state index contributed by atoms with van der Waals surface area (Å²) in [7, 11) is 0. The van der Waals surface area contributed by atoms with Gasteiger partial charge in [-0.1, -0.05) is 0 Å². The number of furan rings is 1. The van der Waals surface area contributed by atoms with Crippen molar-refractivity contribution in [2.24, 2.45) is 0 Å². The summed E-state index contributed by atoms with van der Waals surface area (Å²) in [5.74, 6) is 0.596. The third-order valence-electron chi connectivity index (χ3n) is 3.49. The third-order valence-corrected chi connectivity index (χ3v) is 3.49. The smallest absolute Gasteiger partial charge is 0.251 e. The summed E-state index contributed by atoms with van der Waals surface area (Å²) in [4.78, 5) is 23.6. The molecule has 5 nitrogen and oxygen atoms in total. The molecule has 1 aromatic heterocycles. The maximum absolute atomic E-state index is 12.1. The number of aryl methyl sites for hydroxylation is 1. The standard InChI is InChI=1S/C16H16N2O3/c19-15-5-1-3-11-9-12(6-7-14(11)18-15)16(20)17-10-13-4-2-8-21-13/h2,4,6-9H,1,3,5,10H2,(H,17,20)(H,18,19). The second kappa shape index (κ2) is 5.83. The van der Waals surface area contributed by atoms with Crippen molar-refractivity contribution in [1.29, 1.82) is 0 Å². The van der Waals surface area contributed by atoms with Gasteiger partial charge >= 0.3 is 0 Å². The molecule has 0 saturated heterocycles. The Morgan fingerprint density at radius 2 is 2.19 bits per heavy atom. The second-order valence-corrected chi connectivity index (χ2v) is 5.04. The lowest BCUT2D eigenvalue weighted by Gasteiger charge is -2.09. The van der Waals surface area contributed by atoms with Crippen LogP contribution >= 0.6 is 0 Å². The van der Waals surface area contributed by atoms with Gasteiger partial charge in [-0.3, -0.25) is 9.59 Å². The van der Waals surface area contributed by atoms with Crippen LogP contribution in [0.5, 0.6) is 0 Å². The number of carbonyl (C=O) groups is 2. The Morgan fingerprint density at radius 1 is 1.29 bits per heavy atom. The fourth-order valence-corrected chi connectivity index (χ4v) is 2.40. The monoisotopic (exact) mass is 284 g/mol. The number of amides is 2. The largest absolute Gasteiger partial charge is 0.467 e. The molecule has 0 atom stereocenters. The van der Waals surface area contributed by atoms with E-state index in [9.17, 15) is 9.59 Å². The second-order valence-electron chi connectivity index (χ2n) is 5.04. The van der Waals surface area contributed by atoms with Crippen LogP contribution in [0.15, 0.2) is 41.0 Å². The summed E-state index contributed by atoms with van der Waals surface area (Å²) in [6, 6.07) is 8.96. The van der Waals surface area contributed by atoms with E-state index < -0.39 is 0 Å². The normalized spacial score (nSPS) is 14.0. The minimum atomic E-state index is -0.148. The van der Waals surface area contributed by atoms with Crippen LogP contribution in [0.4, 0.5) is 5.69 Å². The molecule has 2 aromatic rings. The summed E-state index contributed by atoms with van der Waals surface area (Å²) < 4.78 is 5.18. The number of benzene rings is 1. The molecule has 1 aliphatic heterocycles. The molecule has 5 heteroatoms. The van der Waals surface area contributed by atoms with Gasteiger partial charge in [-0.05, 0) is 48.7 Å². The van der Waals surface area contributed by atoms with Crippen LogP contribution < -0.4 is 10.6 Å². The van der Waals surface area contributed by atoms with Gasteiger partial charge in [0.2, 0.25) is 5.91 Å². The number of carbonyl (C=O) groups excluding carboxylic acids is 2. The average molecular weight is 284 g/mol. The van der Waals surface area contributed by atoms with E-state index >= 15 is 0 Å². The Hall–Kier alpha value is -2.56.